The summed E-state index contributed by atoms with van der Waals surface area (Å²) < 4.78 is 21.6. The van der Waals surface area contributed by atoms with E-state index in [4.69, 9.17) is 35.5 Å². The average Bonchev–Trinajstić information content (AvgIpc) is 3.31. The van der Waals surface area contributed by atoms with Crippen molar-refractivity contribution in [2.45, 2.75) is 83.7 Å². The molecule has 2 aliphatic heterocycles. The first-order valence-corrected chi connectivity index (χ1v) is 15.7. The van der Waals surface area contributed by atoms with Crippen LogP contribution in [0.25, 0.3) is 17.0 Å². The summed E-state index contributed by atoms with van der Waals surface area (Å²) in [4.78, 5) is 27.9. The van der Waals surface area contributed by atoms with Crippen LogP contribution in [-0.4, -0.2) is 53.7 Å². The number of rotatable bonds is 7. The number of carboxylic acid groups (broad SMARTS) is 1. The normalized spacial score (nSPS) is 30.7. The number of hydrogen-bond acceptors (Lipinski definition) is 7. The second kappa shape index (κ2) is 14.4. The minimum absolute atomic E-state index is 0.00493. The molecule has 8 heteroatoms. The van der Waals surface area contributed by atoms with Gasteiger partial charge in [-0.3, -0.25) is 4.79 Å². The van der Waals surface area contributed by atoms with Crippen LogP contribution in [0.4, 0.5) is 0 Å². The van der Waals surface area contributed by atoms with Gasteiger partial charge in [0.05, 0.1) is 17.1 Å². The van der Waals surface area contributed by atoms with Crippen molar-refractivity contribution in [1.29, 1.82) is 0 Å². The third-order valence-corrected chi connectivity index (χ3v) is 9.34. The van der Waals surface area contributed by atoms with Gasteiger partial charge in [-0.15, -0.1) is 6.42 Å². The molecule has 3 unspecified atom stereocenters. The maximum Gasteiger partial charge on any atom is 0.341 e. The quantitative estimate of drug-likeness (QED) is 0.298. The lowest BCUT2D eigenvalue weighted by molar-refractivity contribution is -0.173. The first kappa shape index (κ1) is 31.0. The largest absolute Gasteiger partial charge is 0.482 e. The number of cyclic esters (lactones) is 1. The first-order valence-electron chi connectivity index (χ1n) is 15.7. The molecule has 8 nitrogen and oxygen atoms in total. The Morgan fingerprint density at radius 3 is 2.77 bits per heavy atom. The van der Waals surface area contributed by atoms with E-state index in [9.17, 15) is 9.59 Å². The van der Waals surface area contributed by atoms with E-state index in [-0.39, 0.29) is 42.9 Å². The summed E-state index contributed by atoms with van der Waals surface area (Å²) in [6, 6.07) is 9.35. The molecule has 2 aromatic rings. The van der Waals surface area contributed by atoms with Gasteiger partial charge in [0.1, 0.15) is 18.0 Å². The Kier molecular flexibility index (Phi) is 10.4. The molecule has 230 valence electrons. The number of fused-ring (bicyclic) bond motifs is 3. The SMILES string of the molecule is C#C[C@@H](C)OC1CCCCO1.C[C@H]1OC(=O)[C@@H]2C[C@@H]3CCCCC3C(/C=C/c3ccc4cc(OCC(=O)O)ccc4n3)[C@H]12. The standard InChI is InChI=1S/C26H29NO5.C9H14O2/c1-15-25-21(20-5-3-2-4-16(20)13-22(25)26(30)32-15)10-8-18-7-6-17-12-19(31-14-24(28)29)9-11-23(17)27-18;1-3-8(2)11-9-6-4-5-7-10-9/h6-12,15-16,20-22,25H,2-5,13-14H2,1H3,(H,28,29);1,8-9H,4-7H2,2H3/b10-8+;/t15-,16+,20?,21?,22-,25+;8-,9?/m11/s1. The van der Waals surface area contributed by atoms with E-state index in [2.05, 4.69) is 18.1 Å². The highest BCUT2D eigenvalue weighted by Gasteiger charge is 2.53. The van der Waals surface area contributed by atoms with E-state index in [0.717, 1.165) is 42.5 Å². The molecule has 1 N–H and O–H groups in total. The Morgan fingerprint density at radius 2 is 2.00 bits per heavy atom. The summed E-state index contributed by atoms with van der Waals surface area (Å²) in [5.74, 6) is 3.88. The lowest BCUT2D eigenvalue weighted by atomic mass is 9.57. The molecule has 2 saturated heterocycles. The number of aliphatic carboxylic acids is 1. The summed E-state index contributed by atoms with van der Waals surface area (Å²) >= 11 is 0. The first-order chi connectivity index (χ1) is 20.8. The van der Waals surface area contributed by atoms with E-state index in [0.29, 0.717) is 23.5 Å². The number of allylic oxidation sites excluding steroid dienone is 1. The van der Waals surface area contributed by atoms with Gasteiger partial charge in [0.25, 0.3) is 0 Å². The van der Waals surface area contributed by atoms with Crippen molar-refractivity contribution >= 4 is 28.9 Å². The molecule has 2 saturated carbocycles. The fourth-order valence-electron chi connectivity index (χ4n) is 7.33. The van der Waals surface area contributed by atoms with Gasteiger partial charge in [0.2, 0.25) is 0 Å². The lowest BCUT2D eigenvalue weighted by Crippen LogP contribution is -2.42. The van der Waals surface area contributed by atoms with E-state index < -0.39 is 5.97 Å². The lowest BCUT2D eigenvalue weighted by Gasteiger charge is -2.45. The zero-order valence-corrected chi connectivity index (χ0v) is 25.2. The van der Waals surface area contributed by atoms with Crippen molar-refractivity contribution in [3.63, 3.8) is 0 Å². The van der Waals surface area contributed by atoms with Crippen LogP contribution in [0.2, 0.25) is 0 Å². The van der Waals surface area contributed by atoms with Crippen molar-refractivity contribution in [3.05, 3.63) is 42.1 Å². The number of ether oxygens (including phenoxy) is 4. The summed E-state index contributed by atoms with van der Waals surface area (Å²) in [6.45, 7) is 4.35. The third-order valence-electron chi connectivity index (χ3n) is 9.34. The molecule has 1 aromatic heterocycles. The fourth-order valence-corrected chi connectivity index (χ4v) is 7.33. The number of benzene rings is 1. The molecule has 3 heterocycles. The number of carbonyl (C=O) groups excluding carboxylic acids is 1. The number of pyridine rings is 1. The van der Waals surface area contributed by atoms with Crippen LogP contribution in [0.15, 0.2) is 36.4 Å². The third kappa shape index (κ3) is 7.76. The number of aromatic nitrogens is 1. The molecule has 1 aromatic carbocycles. The van der Waals surface area contributed by atoms with Gasteiger partial charge in [-0.25, -0.2) is 9.78 Å². The Hall–Kier alpha value is -3.41. The van der Waals surface area contributed by atoms with Crippen LogP contribution in [0, 0.1) is 41.9 Å². The van der Waals surface area contributed by atoms with Gasteiger partial charge in [-0.05, 0) is 94.0 Å². The number of terminal acetylenes is 1. The Balaban J connectivity index is 0.000000283. The van der Waals surface area contributed by atoms with Crippen LogP contribution < -0.4 is 4.74 Å². The number of carbonyl (C=O) groups is 2. The average molecular weight is 590 g/mol. The fraction of sp³-hybridized carbons (Fsp3) is 0.571. The van der Waals surface area contributed by atoms with Crippen LogP contribution >= 0.6 is 0 Å². The van der Waals surface area contributed by atoms with E-state index in [1.54, 1.807) is 12.1 Å². The number of esters is 1. The van der Waals surface area contributed by atoms with Gasteiger partial charge in [0.15, 0.2) is 12.9 Å². The highest BCUT2D eigenvalue weighted by molar-refractivity contribution is 5.81. The van der Waals surface area contributed by atoms with Gasteiger partial charge >= 0.3 is 11.9 Å². The van der Waals surface area contributed by atoms with Crippen molar-refractivity contribution in [2.75, 3.05) is 13.2 Å². The summed E-state index contributed by atoms with van der Waals surface area (Å²) in [5, 5.41) is 9.68. The molecule has 0 amide bonds. The molecule has 43 heavy (non-hydrogen) atoms. The molecular formula is C35H43NO7. The van der Waals surface area contributed by atoms with E-state index in [1.807, 2.05) is 32.0 Å². The maximum absolute atomic E-state index is 12.5. The molecule has 0 bridgehead atoms. The zero-order chi connectivity index (χ0) is 30.3. The van der Waals surface area contributed by atoms with Crippen LogP contribution in [0.3, 0.4) is 0 Å². The van der Waals surface area contributed by atoms with Crippen LogP contribution in [0.1, 0.15) is 70.9 Å². The zero-order valence-electron chi connectivity index (χ0n) is 25.2. The molecule has 8 atom stereocenters. The number of nitrogens with zero attached hydrogens (tertiary/aromatic N) is 1. The van der Waals surface area contributed by atoms with Crippen LogP contribution in [-0.2, 0) is 23.8 Å². The second-order valence-corrected chi connectivity index (χ2v) is 12.2. The van der Waals surface area contributed by atoms with Crippen molar-refractivity contribution < 1.29 is 33.6 Å². The second-order valence-electron chi connectivity index (χ2n) is 12.2. The van der Waals surface area contributed by atoms with Crippen molar-refractivity contribution in [3.8, 4) is 18.1 Å². The Labute approximate surface area is 254 Å². The topological polar surface area (TPSA) is 104 Å². The smallest absolute Gasteiger partial charge is 0.341 e. The molecule has 0 radical (unpaired) electrons. The van der Waals surface area contributed by atoms with Gasteiger partial charge < -0.3 is 24.1 Å². The molecule has 2 aliphatic carbocycles. The molecular weight excluding hydrogens is 546 g/mol. The van der Waals surface area contributed by atoms with Crippen LogP contribution in [0.5, 0.6) is 5.75 Å². The van der Waals surface area contributed by atoms with Gasteiger partial charge in [-0.2, -0.15) is 0 Å². The van der Waals surface area contributed by atoms with Crippen molar-refractivity contribution in [1.82, 2.24) is 4.98 Å². The summed E-state index contributed by atoms with van der Waals surface area (Å²) in [6.07, 6.45) is 18.6. The van der Waals surface area contributed by atoms with E-state index in [1.165, 1.54) is 32.1 Å². The predicted octanol–water partition coefficient (Wildman–Crippen LogP) is 6.27. The summed E-state index contributed by atoms with van der Waals surface area (Å²) in [5.41, 5.74) is 1.71. The number of hydrogen-bond donors (Lipinski definition) is 1. The summed E-state index contributed by atoms with van der Waals surface area (Å²) in [7, 11) is 0. The molecule has 0 spiro atoms. The highest BCUT2D eigenvalue weighted by Crippen LogP contribution is 2.53. The van der Waals surface area contributed by atoms with Gasteiger partial charge in [-0.1, -0.05) is 37.3 Å². The minimum atomic E-state index is -1.00. The minimum Gasteiger partial charge on any atom is -0.482 e. The molecule has 4 aliphatic rings. The van der Waals surface area contributed by atoms with E-state index >= 15 is 0 Å². The van der Waals surface area contributed by atoms with Crippen molar-refractivity contribution in [2.24, 2.45) is 29.6 Å². The highest BCUT2D eigenvalue weighted by atomic mass is 16.7. The number of carboxylic acids is 1. The predicted molar refractivity (Wildman–Crippen MR) is 163 cm³/mol. The Morgan fingerprint density at radius 1 is 1.19 bits per heavy atom. The molecule has 4 fully saturated rings. The van der Waals surface area contributed by atoms with Gasteiger partial charge in [0, 0.05) is 17.9 Å². The maximum atomic E-state index is 12.5. The monoisotopic (exact) mass is 589 g/mol. The Bertz CT molecular complexity index is 1340. The molecule has 6 rings (SSSR count).